The Bertz CT molecular complexity index is 847. The van der Waals surface area contributed by atoms with Gasteiger partial charge in [-0.05, 0) is 37.6 Å². The van der Waals surface area contributed by atoms with Crippen LogP contribution in [0.2, 0.25) is 5.02 Å². The maximum Gasteiger partial charge on any atom is 0.416 e. The lowest BCUT2D eigenvalue weighted by atomic mass is 10.2. The van der Waals surface area contributed by atoms with E-state index in [2.05, 4.69) is 10.4 Å². The van der Waals surface area contributed by atoms with Crippen LogP contribution in [0.3, 0.4) is 0 Å². The third kappa shape index (κ3) is 4.14. The van der Waals surface area contributed by atoms with Gasteiger partial charge in [0.1, 0.15) is 6.54 Å². The first-order valence-corrected chi connectivity index (χ1v) is 7.17. The standard InChI is InChI=1S/C15H13ClF3N3O2/c1-8-5-14(24)22(21-9(8)2)7-13(23)20-12-6-10(15(17,18)19)3-4-11(12)16/h3-6H,7H2,1-2H3,(H,20,23). The Morgan fingerprint density at radius 3 is 2.58 bits per heavy atom. The van der Waals surface area contributed by atoms with Crippen molar-refractivity contribution in [1.82, 2.24) is 9.78 Å². The summed E-state index contributed by atoms with van der Waals surface area (Å²) in [5.74, 6) is -0.714. The summed E-state index contributed by atoms with van der Waals surface area (Å²) in [4.78, 5) is 23.8. The van der Waals surface area contributed by atoms with Crippen LogP contribution in [-0.4, -0.2) is 15.7 Å². The molecule has 0 spiro atoms. The average Bonchev–Trinajstić information content (AvgIpc) is 2.46. The van der Waals surface area contributed by atoms with Gasteiger partial charge >= 0.3 is 6.18 Å². The smallest absolute Gasteiger partial charge is 0.323 e. The Kier molecular flexibility index (Phi) is 4.98. The van der Waals surface area contributed by atoms with Crippen molar-refractivity contribution in [1.29, 1.82) is 0 Å². The topological polar surface area (TPSA) is 64.0 Å². The summed E-state index contributed by atoms with van der Waals surface area (Å²) in [6.45, 7) is 2.94. The Labute approximate surface area is 140 Å². The number of hydrogen-bond donors (Lipinski definition) is 1. The molecule has 0 aliphatic carbocycles. The lowest BCUT2D eigenvalue weighted by Gasteiger charge is -2.12. The molecule has 2 aromatic rings. The van der Waals surface area contributed by atoms with Crippen molar-refractivity contribution in [3.8, 4) is 0 Å². The highest BCUT2D eigenvalue weighted by atomic mass is 35.5. The summed E-state index contributed by atoms with van der Waals surface area (Å²) < 4.78 is 39.1. The molecule has 0 fully saturated rings. The second-order valence-electron chi connectivity index (χ2n) is 5.15. The highest BCUT2D eigenvalue weighted by Gasteiger charge is 2.31. The quantitative estimate of drug-likeness (QED) is 0.915. The molecule has 0 aliphatic rings. The molecule has 1 amide bonds. The first-order valence-electron chi connectivity index (χ1n) is 6.80. The van der Waals surface area contributed by atoms with Gasteiger partial charge in [-0.2, -0.15) is 18.3 Å². The Morgan fingerprint density at radius 1 is 1.29 bits per heavy atom. The number of benzene rings is 1. The van der Waals surface area contributed by atoms with Crippen LogP contribution in [0, 0.1) is 13.8 Å². The summed E-state index contributed by atoms with van der Waals surface area (Å²) in [5, 5.41) is 6.18. The van der Waals surface area contributed by atoms with E-state index in [0.29, 0.717) is 11.3 Å². The van der Waals surface area contributed by atoms with Crippen LogP contribution in [0.1, 0.15) is 16.8 Å². The number of carbonyl (C=O) groups is 1. The van der Waals surface area contributed by atoms with Gasteiger partial charge in [0, 0.05) is 6.07 Å². The second-order valence-corrected chi connectivity index (χ2v) is 5.56. The number of amides is 1. The van der Waals surface area contributed by atoms with E-state index in [9.17, 15) is 22.8 Å². The van der Waals surface area contributed by atoms with Crippen LogP contribution in [0.25, 0.3) is 0 Å². The monoisotopic (exact) mass is 359 g/mol. The highest BCUT2D eigenvalue weighted by Crippen LogP contribution is 2.33. The van der Waals surface area contributed by atoms with Crippen molar-refractivity contribution >= 4 is 23.2 Å². The molecule has 1 N–H and O–H groups in total. The van der Waals surface area contributed by atoms with Gasteiger partial charge in [0.25, 0.3) is 5.56 Å². The number of aryl methyl sites for hydroxylation is 2. The fourth-order valence-electron chi connectivity index (χ4n) is 1.91. The number of hydrogen-bond acceptors (Lipinski definition) is 3. The fourth-order valence-corrected chi connectivity index (χ4v) is 2.07. The number of carbonyl (C=O) groups excluding carboxylic acids is 1. The number of alkyl halides is 3. The molecule has 128 valence electrons. The number of nitrogens with zero attached hydrogens (tertiary/aromatic N) is 2. The lowest BCUT2D eigenvalue weighted by Crippen LogP contribution is -2.30. The van der Waals surface area contributed by atoms with E-state index in [1.807, 2.05) is 0 Å². The summed E-state index contributed by atoms with van der Waals surface area (Å²) in [5.41, 5.74) is -0.363. The molecule has 24 heavy (non-hydrogen) atoms. The van der Waals surface area contributed by atoms with Crippen LogP contribution in [0.15, 0.2) is 29.1 Å². The zero-order valence-corrected chi connectivity index (χ0v) is 13.5. The molecule has 9 heteroatoms. The van der Waals surface area contributed by atoms with E-state index in [4.69, 9.17) is 11.6 Å². The molecule has 5 nitrogen and oxygen atoms in total. The number of rotatable bonds is 3. The molecule has 0 radical (unpaired) electrons. The van der Waals surface area contributed by atoms with Gasteiger partial charge < -0.3 is 5.32 Å². The Balaban J connectivity index is 2.22. The molecule has 0 atom stereocenters. The van der Waals surface area contributed by atoms with Crippen LogP contribution in [0.5, 0.6) is 0 Å². The second kappa shape index (κ2) is 6.64. The van der Waals surface area contributed by atoms with Crippen molar-refractivity contribution in [2.45, 2.75) is 26.6 Å². The zero-order chi connectivity index (χ0) is 18.1. The van der Waals surface area contributed by atoms with E-state index in [1.165, 1.54) is 6.07 Å². The average molecular weight is 360 g/mol. The summed E-state index contributed by atoms with van der Waals surface area (Å²) >= 11 is 5.80. The molecule has 1 aromatic carbocycles. The van der Waals surface area contributed by atoms with E-state index in [1.54, 1.807) is 13.8 Å². The van der Waals surface area contributed by atoms with Gasteiger partial charge in [-0.1, -0.05) is 11.6 Å². The molecule has 0 aliphatic heterocycles. The molecule has 0 saturated carbocycles. The van der Waals surface area contributed by atoms with Crippen LogP contribution in [0.4, 0.5) is 18.9 Å². The van der Waals surface area contributed by atoms with E-state index < -0.39 is 29.8 Å². The largest absolute Gasteiger partial charge is 0.416 e. The van der Waals surface area contributed by atoms with Crippen molar-refractivity contribution in [3.63, 3.8) is 0 Å². The minimum absolute atomic E-state index is 0.0447. The van der Waals surface area contributed by atoms with Gasteiger partial charge in [-0.3, -0.25) is 9.59 Å². The van der Waals surface area contributed by atoms with E-state index in [-0.39, 0.29) is 10.7 Å². The molecule has 1 heterocycles. The molecule has 2 rings (SSSR count). The zero-order valence-electron chi connectivity index (χ0n) is 12.7. The molecule has 1 aromatic heterocycles. The Morgan fingerprint density at radius 2 is 1.96 bits per heavy atom. The van der Waals surface area contributed by atoms with Gasteiger partial charge in [0.2, 0.25) is 5.91 Å². The van der Waals surface area contributed by atoms with Crippen molar-refractivity contribution in [3.05, 3.63) is 56.5 Å². The number of halogens is 4. The van der Waals surface area contributed by atoms with Crippen molar-refractivity contribution in [2.75, 3.05) is 5.32 Å². The minimum atomic E-state index is -4.56. The summed E-state index contributed by atoms with van der Waals surface area (Å²) in [6, 6.07) is 3.91. The molecular formula is C15H13ClF3N3O2. The molecular weight excluding hydrogens is 347 g/mol. The molecule has 0 unspecified atom stereocenters. The first kappa shape index (κ1) is 18.0. The summed E-state index contributed by atoms with van der Waals surface area (Å²) in [7, 11) is 0. The van der Waals surface area contributed by atoms with Gasteiger partial charge in [-0.15, -0.1) is 0 Å². The third-order valence-electron chi connectivity index (χ3n) is 3.30. The van der Waals surface area contributed by atoms with Gasteiger partial charge in [-0.25, -0.2) is 4.68 Å². The van der Waals surface area contributed by atoms with E-state index in [0.717, 1.165) is 22.9 Å². The predicted molar refractivity (Wildman–Crippen MR) is 83.1 cm³/mol. The van der Waals surface area contributed by atoms with E-state index >= 15 is 0 Å². The van der Waals surface area contributed by atoms with Gasteiger partial charge in [0.15, 0.2) is 0 Å². The SMILES string of the molecule is Cc1cc(=O)n(CC(=O)Nc2cc(C(F)(F)F)ccc2Cl)nc1C. The van der Waals surface area contributed by atoms with Crippen molar-refractivity contribution < 1.29 is 18.0 Å². The van der Waals surface area contributed by atoms with Crippen LogP contribution >= 0.6 is 11.6 Å². The maximum absolute atomic E-state index is 12.7. The van der Waals surface area contributed by atoms with Crippen LogP contribution < -0.4 is 10.9 Å². The fraction of sp³-hybridized carbons (Fsp3) is 0.267. The first-order chi connectivity index (χ1) is 11.1. The highest BCUT2D eigenvalue weighted by molar-refractivity contribution is 6.33. The lowest BCUT2D eigenvalue weighted by molar-refractivity contribution is -0.137. The summed E-state index contributed by atoms with van der Waals surface area (Å²) in [6.07, 6.45) is -4.56. The molecule has 0 saturated heterocycles. The normalized spacial score (nSPS) is 11.4. The third-order valence-corrected chi connectivity index (χ3v) is 3.63. The molecule has 0 bridgehead atoms. The number of anilines is 1. The minimum Gasteiger partial charge on any atom is -0.323 e. The number of aromatic nitrogens is 2. The number of nitrogens with one attached hydrogen (secondary N) is 1. The van der Waals surface area contributed by atoms with Crippen LogP contribution in [-0.2, 0) is 17.5 Å². The van der Waals surface area contributed by atoms with Gasteiger partial charge in [0.05, 0.1) is 22.0 Å². The van der Waals surface area contributed by atoms with Crippen molar-refractivity contribution in [2.24, 2.45) is 0 Å². The Hall–Kier alpha value is -2.35. The maximum atomic E-state index is 12.7. The predicted octanol–water partition coefficient (Wildman–Crippen LogP) is 3.17.